The van der Waals surface area contributed by atoms with Crippen LogP contribution in [0.2, 0.25) is 0 Å². The molecule has 5 nitrogen and oxygen atoms in total. The number of aliphatic hydroxyl groups is 1. The number of hydrogen-bond donors (Lipinski definition) is 2. The monoisotopic (exact) mass is 377 g/mol. The normalized spacial score (nSPS) is 23.0. The van der Waals surface area contributed by atoms with E-state index >= 15 is 0 Å². The van der Waals surface area contributed by atoms with Crippen molar-refractivity contribution in [3.05, 3.63) is 35.6 Å². The zero-order chi connectivity index (χ0) is 19.3. The fourth-order valence-electron chi connectivity index (χ4n) is 2.69. The average molecular weight is 377 g/mol. The van der Waals surface area contributed by atoms with E-state index in [1.807, 2.05) is 6.92 Å². The molecular weight excluding hydrogens is 354 g/mol. The molecule has 2 rings (SSSR count). The molecule has 1 aliphatic heterocycles. The first-order valence-electron chi connectivity index (χ1n) is 8.39. The van der Waals surface area contributed by atoms with Crippen LogP contribution < -0.4 is 5.32 Å². The Bertz CT molecular complexity index is 607. The molecule has 1 fully saturated rings. The van der Waals surface area contributed by atoms with E-state index in [4.69, 9.17) is 4.74 Å². The Hall–Kier alpha value is -1.87. The van der Waals surface area contributed by atoms with E-state index in [1.165, 1.54) is 12.1 Å². The van der Waals surface area contributed by atoms with Gasteiger partial charge in [0, 0.05) is 13.1 Å². The van der Waals surface area contributed by atoms with E-state index in [-0.39, 0.29) is 24.0 Å². The number of guanidine groups is 1. The molecule has 2 N–H and O–H groups in total. The topological polar surface area (TPSA) is 57.1 Å². The summed E-state index contributed by atoms with van der Waals surface area (Å²) in [5, 5.41) is 12.1. The third-order valence-corrected chi connectivity index (χ3v) is 3.93. The summed E-state index contributed by atoms with van der Waals surface area (Å²) in [6.45, 7) is 4.12. The van der Waals surface area contributed by atoms with Gasteiger partial charge in [0.2, 0.25) is 0 Å². The first-order valence-corrected chi connectivity index (χ1v) is 8.39. The first-order chi connectivity index (χ1) is 12.2. The standard InChI is InChI=1S/C17H23F4N3O2/c1-3-22-16(23-8-15(25)17(19,20)21)24-9-11(2)26-14(10-24)12-4-6-13(18)7-5-12/h4-7,11,14-15,25H,3,8-10H2,1-2H3,(H,22,23). The Morgan fingerprint density at radius 3 is 2.58 bits per heavy atom. The van der Waals surface area contributed by atoms with E-state index < -0.39 is 18.8 Å². The van der Waals surface area contributed by atoms with Crippen LogP contribution in [0.5, 0.6) is 0 Å². The second-order valence-corrected chi connectivity index (χ2v) is 6.14. The number of halogens is 4. The highest BCUT2D eigenvalue weighted by Gasteiger charge is 2.38. The summed E-state index contributed by atoms with van der Waals surface area (Å²) in [7, 11) is 0. The van der Waals surface area contributed by atoms with Crippen molar-refractivity contribution in [3.63, 3.8) is 0 Å². The molecule has 9 heteroatoms. The van der Waals surface area contributed by atoms with E-state index in [0.29, 0.717) is 19.6 Å². The van der Waals surface area contributed by atoms with Gasteiger partial charge in [0.05, 0.1) is 19.2 Å². The van der Waals surface area contributed by atoms with Crippen molar-refractivity contribution in [1.82, 2.24) is 10.2 Å². The number of aliphatic imine (C=N–C) groups is 1. The van der Waals surface area contributed by atoms with Crippen LogP contribution in [0, 0.1) is 5.82 Å². The zero-order valence-corrected chi connectivity index (χ0v) is 14.6. The van der Waals surface area contributed by atoms with Crippen molar-refractivity contribution < 1.29 is 27.4 Å². The molecule has 0 spiro atoms. The molecule has 1 aromatic rings. The molecule has 146 valence electrons. The molecule has 1 saturated heterocycles. The number of alkyl halides is 3. The van der Waals surface area contributed by atoms with Crippen LogP contribution in [0.4, 0.5) is 17.6 Å². The number of rotatable bonds is 4. The fourth-order valence-corrected chi connectivity index (χ4v) is 2.69. The van der Waals surface area contributed by atoms with Crippen LogP contribution in [0.1, 0.15) is 25.5 Å². The van der Waals surface area contributed by atoms with Crippen molar-refractivity contribution in [3.8, 4) is 0 Å². The van der Waals surface area contributed by atoms with E-state index in [1.54, 1.807) is 24.0 Å². The van der Waals surface area contributed by atoms with Gasteiger partial charge in [-0.05, 0) is 31.5 Å². The maximum absolute atomic E-state index is 13.1. The lowest BCUT2D eigenvalue weighted by atomic mass is 10.1. The largest absolute Gasteiger partial charge is 0.416 e. The van der Waals surface area contributed by atoms with Gasteiger partial charge in [0.25, 0.3) is 0 Å². The number of nitrogens with one attached hydrogen (secondary N) is 1. The molecule has 0 aliphatic carbocycles. The Balaban J connectivity index is 2.14. The third kappa shape index (κ3) is 5.57. The van der Waals surface area contributed by atoms with E-state index in [0.717, 1.165) is 5.56 Å². The lowest BCUT2D eigenvalue weighted by Gasteiger charge is -2.38. The molecule has 0 saturated carbocycles. The van der Waals surface area contributed by atoms with Gasteiger partial charge in [-0.1, -0.05) is 12.1 Å². The van der Waals surface area contributed by atoms with Crippen LogP contribution in [-0.2, 0) is 4.74 Å². The van der Waals surface area contributed by atoms with E-state index in [2.05, 4.69) is 10.3 Å². The summed E-state index contributed by atoms with van der Waals surface area (Å²) in [4.78, 5) is 5.71. The summed E-state index contributed by atoms with van der Waals surface area (Å²) in [6.07, 6.45) is -7.79. The quantitative estimate of drug-likeness (QED) is 0.481. The predicted molar refractivity (Wildman–Crippen MR) is 89.3 cm³/mol. The highest BCUT2D eigenvalue weighted by Crippen LogP contribution is 2.26. The van der Waals surface area contributed by atoms with Crippen LogP contribution in [-0.4, -0.2) is 60.5 Å². The van der Waals surface area contributed by atoms with Gasteiger partial charge in [0.1, 0.15) is 11.9 Å². The Morgan fingerprint density at radius 1 is 1.35 bits per heavy atom. The summed E-state index contributed by atoms with van der Waals surface area (Å²) in [5.74, 6) is -0.0800. The molecular formula is C17H23F4N3O2. The van der Waals surface area contributed by atoms with Gasteiger partial charge >= 0.3 is 6.18 Å². The maximum Gasteiger partial charge on any atom is 0.416 e. The summed E-state index contributed by atoms with van der Waals surface area (Å²) >= 11 is 0. The minimum absolute atomic E-state index is 0.199. The van der Waals surface area contributed by atoms with E-state index in [9.17, 15) is 22.7 Å². The predicted octanol–water partition coefficient (Wildman–Crippen LogP) is 2.48. The van der Waals surface area contributed by atoms with Gasteiger partial charge < -0.3 is 20.1 Å². The number of nitrogens with zero attached hydrogens (tertiary/aromatic N) is 2. The number of aliphatic hydroxyl groups excluding tert-OH is 1. The molecule has 1 aromatic carbocycles. The smallest absolute Gasteiger partial charge is 0.382 e. The highest BCUT2D eigenvalue weighted by atomic mass is 19.4. The van der Waals surface area contributed by atoms with Gasteiger partial charge in [0.15, 0.2) is 12.1 Å². The maximum atomic E-state index is 13.1. The lowest BCUT2D eigenvalue weighted by Crippen LogP contribution is -2.51. The van der Waals surface area contributed by atoms with Crippen molar-refractivity contribution in [2.75, 3.05) is 26.2 Å². The molecule has 1 heterocycles. The number of hydrogen-bond acceptors (Lipinski definition) is 3. The van der Waals surface area contributed by atoms with Crippen molar-refractivity contribution in [2.45, 2.75) is 38.3 Å². The molecule has 26 heavy (non-hydrogen) atoms. The summed E-state index contributed by atoms with van der Waals surface area (Å²) in [5.41, 5.74) is 0.772. The van der Waals surface area contributed by atoms with Gasteiger partial charge in [-0.2, -0.15) is 13.2 Å². The first kappa shape index (κ1) is 20.4. The molecule has 0 bridgehead atoms. The minimum atomic E-state index is -4.71. The Morgan fingerprint density at radius 2 is 2.00 bits per heavy atom. The summed E-state index contributed by atoms with van der Waals surface area (Å²) in [6, 6.07) is 5.91. The third-order valence-electron chi connectivity index (χ3n) is 3.93. The van der Waals surface area contributed by atoms with Crippen LogP contribution in [0.3, 0.4) is 0 Å². The number of morpholine rings is 1. The van der Waals surface area contributed by atoms with Gasteiger partial charge in [-0.25, -0.2) is 4.39 Å². The number of ether oxygens (including phenoxy) is 1. The van der Waals surface area contributed by atoms with Crippen molar-refractivity contribution >= 4 is 5.96 Å². The van der Waals surface area contributed by atoms with Crippen LogP contribution >= 0.6 is 0 Å². The Kier molecular flexibility index (Phi) is 6.82. The van der Waals surface area contributed by atoms with Crippen LogP contribution in [0.25, 0.3) is 0 Å². The molecule has 3 unspecified atom stereocenters. The average Bonchev–Trinajstić information content (AvgIpc) is 2.57. The Labute approximate surface area is 149 Å². The van der Waals surface area contributed by atoms with Gasteiger partial charge in [-0.15, -0.1) is 0 Å². The van der Waals surface area contributed by atoms with Crippen molar-refractivity contribution in [2.24, 2.45) is 4.99 Å². The lowest BCUT2D eigenvalue weighted by molar-refractivity contribution is -0.199. The molecule has 3 atom stereocenters. The second-order valence-electron chi connectivity index (χ2n) is 6.14. The zero-order valence-electron chi connectivity index (χ0n) is 14.6. The number of benzene rings is 1. The molecule has 0 aromatic heterocycles. The van der Waals surface area contributed by atoms with Crippen LogP contribution in [0.15, 0.2) is 29.3 Å². The minimum Gasteiger partial charge on any atom is -0.382 e. The fraction of sp³-hybridized carbons (Fsp3) is 0.588. The molecule has 0 radical (unpaired) electrons. The second kappa shape index (κ2) is 8.68. The molecule has 1 aliphatic rings. The highest BCUT2D eigenvalue weighted by molar-refractivity contribution is 5.80. The molecule has 0 amide bonds. The van der Waals surface area contributed by atoms with Crippen molar-refractivity contribution in [1.29, 1.82) is 0 Å². The SMILES string of the molecule is CCNC(=NCC(O)C(F)(F)F)N1CC(C)OC(c2ccc(F)cc2)C1. The van der Waals surface area contributed by atoms with Gasteiger partial charge in [-0.3, -0.25) is 4.99 Å². The summed E-state index contributed by atoms with van der Waals surface area (Å²) < 4.78 is 56.5.